The predicted molar refractivity (Wildman–Crippen MR) is 98.6 cm³/mol. The molecule has 136 valence electrons. The summed E-state index contributed by atoms with van der Waals surface area (Å²) in [6, 6.07) is 5.52. The monoisotopic (exact) mass is 372 g/mol. The van der Waals surface area contributed by atoms with E-state index in [0.29, 0.717) is 34.2 Å². The van der Waals surface area contributed by atoms with Crippen molar-refractivity contribution in [3.63, 3.8) is 0 Å². The summed E-state index contributed by atoms with van der Waals surface area (Å²) in [4.78, 5) is 21.2. The minimum absolute atomic E-state index is 0.00772. The lowest BCUT2D eigenvalue weighted by atomic mass is 9.95. The zero-order chi connectivity index (χ0) is 17.9. The SMILES string of the molecule is Nc1cc2nc(-c3ccco3)nc(SCC(=O)NC3CCCCC3)n2n1. The van der Waals surface area contributed by atoms with Crippen molar-refractivity contribution in [1.29, 1.82) is 0 Å². The number of nitrogen functional groups attached to an aromatic ring is 1. The normalized spacial score (nSPS) is 15.4. The smallest absolute Gasteiger partial charge is 0.230 e. The van der Waals surface area contributed by atoms with Crippen LogP contribution in [0, 0.1) is 0 Å². The summed E-state index contributed by atoms with van der Waals surface area (Å²) in [5.74, 6) is 1.62. The van der Waals surface area contributed by atoms with Gasteiger partial charge >= 0.3 is 0 Å². The maximum absolute atomic E-state index is 12.3. The van der Waals surface area contributed by atoms with Crippen LogP contribution in [0.15, 0.2) is 34.0 Å². The molecule has 3 aromatic rings. The number of carbonyl (C=O) groups excluding carboxylic acids is 1. The van der Waals surface area contributed by atoms with Gasteiger partial charge in [0.1, 0.15) is 5.82 Å². The molecule has 3 heterocycles. The number of hydrogen-bond donors (Lipinski definition) is 2. The van der Waals surface area contributed by atoms with Crippen molar-refractivity contribution in [2.75, 3.05) is 11.5 Å². The summed E-state index contributed by atoms with van der Waals surface area (Å²) in [5.41, 5.74) is 6.36. The third-order valence-electron chi connectivity index (χ3n) is 4.36. The highest BCUT2D eigenvalue weighted by Crippen LogP contribution is 2.23. The molecule has 3 aromatic heterocycles. The number of nitrogens with zero attached hydrogens (tertiary/aromatic N) is 4. The zero-order valence-electron chi connectivity index (χ0n) is 14.2. The van der Waals surface area contributed by atoms with Crippen LogP contribution in [0.2, 0.25) is 0 Å². The van der Waals surface area contributed by atoms with Gasteiger partial charge in [-0.05, 0) is 25.0 Å². The maximum Gasteiger partial charge on any atom is 0.230 e. The number of nitrogens with two attached hydrogens (primary N) is 1. The molecule has 26 heavy (non-hydrogen) atoms. The Balaban J connectivity index is 1.52. The highest BCUT2D eigenvalue weighted by Gasteiger charge is 2.18. The molecule has 0 atom stereocenters. The number of nitrogens with one attached hydrogen (secondary N) is 1. The van der Waals surface area contributed by atoms with Gasteiger partial charge in [-0.1, -0.05) is 31.0 Å². The van der Waals surface area contributed by atoms with E-state index >= 15 is 0 Å². The first-order valence-electron chi connectivity index (χ1n) is 8.68. The van der Waals surface area contributed by atoms with Crippen molar-refractivity contribution in [2.45, 2.75) is 43.3 Å². The van der Waals surface area contributed by atoms with Gasteiger partial charge in [-0.2, -0.15) is 9.50 Å². The molecule has 0 saturated heterocycles. The molecule has 9 heteroatoms. The summed E-state index contributed by atoms with van der Waals surface area (Å²) in [7, 11) is 0. The van der Waals surface area contributed by atoms with Gasteiger partial charge in [-0.25, -0.2) is 4.98 Å². The quantitative estimate of drug-likeness (QED) is 0.662. The number of furan rings is 1. The van der Waals surface area contributed by atoms with E-state index in [1.54, 1.807) is 29.0 Å². The Morgan fingerprint density at radius 1 is 1.35 bits per heavy atom. The van der Waals surface area contributed by atoms with Crippen LogP contribution in [0.5, 0.6) is 0 Å². The standard InChI is InChI=1S/C17H20N6O2S/c18-13-9-14-20-16(12-7-4-8-25-12)21-17(23(14)22-13)26-10-15(24)19-11-5-2-1-3-6-11/h4,7-9,11H,1-3,5-6,10H2,(H2,18,22)(H,19,24). The largest absolute Gasteiger partial charge is 0.461 e. The van der Waals surface area contributed by atoms with Crippen molar-refractivity contribution in [3.8, 4) is 11.6 Å². The van der Waals surface area contributed by atoms with E-state index in [9.17, 15) is 4.79 Å². The Labute approximate surface area is 154 Å². The first-order valence-corrected chi connectivity index (χ1v) is 9.67. The summed E-state index contributed by atoms with van der Waals surface area (Å²) in [5, 5.41) is 7.88. The Bertz CT molecular complexity index is 902. The van der Waals surface area contributed by atoms with Gasteiger partial charge < -0.3 is 15.5 Å². The molecule has 1 aliphatic carbocycles. The fourth-order valence-electron chi connectivity index (χ4n) is 3.14. The first-order chi connectivity index (χ1) is 12.7. The summed E-state index contributed by atoms with van der Waals surface area (Å²) < 4.78 is 6.94. The van der Waals surface area contributed by atoms with Crippen molar-refractivity contribution < 1.29 is 9.21 Å². The van der Waals surface area contributed by atoms with Gasteiger partial charge in [-0.3, -0.25) is 4.79 Å². The van der Waals surface area contributed by atoms with E-state index in [2.05, 4.69) is 20.4 Å². The topological polar surface area (TPSA) is 111 Å². The average Bonchev–Trinajstić information content (AvgIpc) is 3.29. The molecule has 0 spiro atoms. The fourth-order valence-corrected chi connectivity index (χ4v) is 3.89. The molecule has 0 bridgehead atoms. The minimum atomic E-state index is 0.00772. The third-order valence-corrected chi connectivity index (χ3v) is 5.29. The highest BCUT2D eigenvalue weighted by atomic mass is 32.2. The molecular weight excluding hydrogens is 352 g/mol. The van der Waals surface area contributed by atoms with Crippen molar-refractivity contribution in [1.82, 2.24) is 24.9 Å². The van der Waals surface area contributed by atoms with Gasteiger partial charge in [0.05, 0.1) is 12.0 Å². The summed E-state index contributed by atoms with van der Waals surface area (Å²) in [6.07, 6.45) is 7.32. The molecule has 1 amide bonds. The Morgan fingerprint density at radius 3 is 2.96 bits per heavy atom. The van der Waals surface area contributed by atoms with E-state index in [1.165, 1.54) is 31.0 Å². The highest BCUT2D eigenvalue weighted by molar-refractivity contribution is 7.99. The number of fused-ring (bicyclic) bond motifs is 1. The number of aromatic nitrogens is 4. The van der Waals surface area contributed by atoms with Crippen molar-refractivity contribution in [3.05, 3.63) is 24.5 Å². The average molecular weight is 372 g/mol. The molecule has 8 nitrogen and oxygen atoms in total. The molecule has 0 unspecified atom stereocenters. The van der Waals surface area contributed by atoms with Gasteiger partial charge in [0.25, 0.3) is 0 Å². The molecule has 0 aliphatic heterocycles. The number of amides is 1. The number of anilines is 1. The van der Waals surface area contributed by atoms with Crippen LogP contribution in [0.4, 0.5) is 5.82 Å². The lowest BCUT2D eigenvalue weighted by Crippen LogP contribution is -2.37. The van der Waals surface area contributed by atoms with Crippen LogP contribution in [-0.2, 0) is 4.79 Å². The molecule has 1 saturated carbocycles. The van der Waals surface area contributed by atoms with Gasteiger partial charge in [0.2, 0.25) is 5.91 Å². The number of hydrogen-bond acceptors (Lipinski definition) is 7. The number of rotatable bonds is 5. The van der Waals surface area contributed by atoms with Crippen LogP contribution in [0.3, 0.4) is 0 Å². The van der Waals surface area contributed by atoms with E-state index < -0.39 is 0 Å². The van der Waals surface area contributed by atoms with Crippen molar-refractivity contribution >= 4 is 29.1 Å². The van der Waals surface area contributed by atoms with E-state index in [0.717, 1.165) is 12.8 Å². The predicted octanol–water partition coefficient (Wildman–Crippen LogP) is 2.51. The van der Waals surface area contributed by atoms with Crippen molar-refractivity contribution in [2.24, 2.45) is 0 Å². The van der Waals surface area contributed by atoms with E-state index in [-0.39, 0.29) is 11.7 Å². The summed E-state index contributed by atoms with van der Waals surface area (Å²) in [6.45, 7) is 0. The van der Waals surface area contributed by atoms with Crippen LogP contribution in [0.25, 0.3) is 17.2 Å². The molecule has 1 fully saturated rings. The molecule has 0 aromatic carbocycles. The molecular formula is C17H20N6O2S. The van der Waals surface area contributed by atoms with Crippen LogP contribution < -0.4 is 11.1 Å². The van der Waals surface area contributed by atoms with Gasteiger partial charge in [0, 0.05) is 12.1 Å². The Kier molecular flexibility index (Phi) is 4.79. The van der Waals surface area contributed by atoms with Gasteiger partial charge in [-0.15, -0.1) is 5.10 Å². The number of carbonyl (C=O) groups is 1. The maximum atomic E-state index is 12.3. The lowest BCUT2D eigenvalue weighted by Gasteiger charge is -2.22. The second-order valence-electron chi connectivity index (χ2n) is 6.34. The van der Waals surface area contributed by atoms with Crippen LogP contribution in [-0.4, -0.2) is 37.3 Å². The molecule has 0 radical (unpaired) electrons. The number of thioether (sulfide) groups is 1. The van der Waals surface area contributed by atoms with Crippen LogP contribution >= 0.6 is 11.8 Å². The first kappa shape index (κ1) is 16.9. The molecule has 1 aliphatic rings. The third kappa shape index (κ3) is 3.67. The molecule has 4 rings (SSSR count). The fraction of sp³-hybridized carbons (Fsp3) is 0.412. The Hall–Kier alpha value is -2.55. The zero-order valence-corrected chi connectivity index (χ0v) is 15.0. The van der Waals surface area contributed by atoms with Gasteiger partial charge in [0.15, 0.2) is 22.4 Å². The second kappa shape index (κ2) is 7.36. The van der Waals surface area contributed by atoms with E-state index in [4.69, 9.17) is 10.2 Å². The molecule has 3 N–H and O–H groups in total. The van der Waals surface area contributed by atoms with Crippen LogP contribution in [0.1, 0.15) is 32.1 Å². The van der Waals surface area contributed by atoms with E-state index in [1.807, 2.05) is 0 Å². The Morgan fingerprint density at radius 2 is 2.19 bits per heavy atom. The lowest BCUT2D eigenvalue weighted by molar-refractivity contribution is -0.119. The minimum Gasteiger partial charge on any atom is -0.461 e. The second-order valence-corrected chi connectivity index (χ2v) is 7.28. The summed E-state index contributed by atoms with van der Waals surface area (Å²) >= 11 is 1.31.